The molecule has 1 aliphatic rings. The number of nitrogens with zero attached hydrogens (tertiary/aromatic N) is 2. The molecule has 0 bridgehead atoms. The molecule has 0 radical (unpaired) electrons. The van der Waals surface area contributed by atoms with Gasteiger partial charge in [0.05, 0.1) is 11.9 Å². The van der Waals surface area contributed by atoms with Gasteiger partial charge >= 0.3 is 0 Å². The highest BCUT2D eigenvalue weighted by molar-refractivity contribution is 7.92. The molecule has 10 heteroatoms. The quantitative estimate of drug-likeness (QED) is 0.520. The second kappa shape index (κ2) is 11.6. The average Bonchev–Trinajstić information content (AvgIpc) is 2.83. The fourth-order valence-electron chi connectivity index (χ4n) is 3.73. The number of anilines is 1. The van der Waals surface area contributed by atoms with Crippen molar-refractivity contribution in [2.24, 2.45) is 5.92 Å². The molecule has 1 atom stereocenters. The molecule has 196 valence electrons. The molecule has 1 aliphatic heterocycles. The van der Waals surface area contributed by atoms with Gasteiger partial charge in [0.15, 0.2) is 11.5 Å². The number of nitrogens with one attached hydrogen (secondary N) is 1. The van der Waals surface area contributed by atoms with Crippen LogP contribution < -0.4 is 19.1 Å². The number of carbonyl (C=O) groups is 2. The summed E-state index contributed by atoms with van der Waals surface area (Å²) in [5, 5.41) is 2.87. The minimum atomic E-state index is -3.83. The van der Waals surface area contributed by atoms with Crippen LogP contribution in [0.15, 0.2) is 42.5 Å². The zero-order valence-corrected chi connectivity index (χ0v) is 22.3. The third-order valence-electron chi connectivity index (χ3n) is 5.82. The van der Waals surface area contributed by atoms with Gasteiger partial charge in [-0.05, 0) is 37.5 Å². The van der Waals surface area contributed by atoms with Gasteiger partial charge in [0.25, 0.3) is 0 Å². The van der Waals surface area contributed by atoms with Crippen molar-refractivity contribution in [2.45, 2.75) is 40.3 Å². The topological polar surface area (TPSA) is 105 Å². The monoisotopic (exact) mass is 517 g/mol. The maximum atomic E-state index is 13.6. The van der Waals surface area contributed by atoms with Crippen LogP contribution in [0.2, 0.25) is 0 Å². The van der Waals surface area contributed by atoms with Crippen molar-refractivity contribution in [1.82, 2.24) is 10.2 Å². The molecule has 2 amide bonds. The van der Waals surface area contributed by atoms with Gasteiger partial charge in [-0.3, -0.25) is 13.9 Å². The molecule has 1 heterocycles. The maximum absolute atomic E-state index is 13.6. The molecule has 0 aliphatic carbocycles. The lowest BCUT2D eigenvalue weighted by molar-refractivity contribution is -0.139. The van der Waals surface area contributed by atoms with E-state index in [0.717, 1.165) is 21.7 Å². The van der Waals surface area contributed by atoms with Crippen LogP contribution in [0, 0.1) is 12.8 Å². The number of fused-ring (bicyclic) bond motifs is 1. The highest BCUT2D eigenvalue weighted by Crippen LogP contribution is 2.34. The normalized spacial score (nSPS) is 13.7. The van der Waals surface area contributed by atoms with Crippen molar-refractivity contribution in [3.63, 3.8) is 0 Å². The number of hydrogen-bond acceptors (Lipinski definition) is 6. The van der Waals surface area contributed by atoms with Crippen LogP contribution in [0.4, 0.5) is 5.69 Å². The Hall–Kier alpha value is -3.27. The summed E-state index contributed by atoms with van der Waals surface area (Å²) in [7, 11) is -3.83. The Kier molecular flexibility index (Phi) is 8.84. The predicted molar refractivity (Wildman–Crippen MR) is 139 cm³/mol. The summed E-state index contributed by atoms with van der Waals surface area (Å²) in [6.07, 6.45) is 1.04. The van der Waals surface area contributed by atoms with Crippen LogP contribution in [-0.4, -0.2) is 63.7 Å². The van der Waals surface area contributed by atoms with Crippen LogP contribution in [-0.2, 0) is 26.2 Å². The van der Waals surface area contributed by atoms with Crippen molar-refractivity contribution in [1.29, 1.82) is 0 Å². The van der Waals surface area contributed by atoms with E-state index in [0.29, 0.717) is 31.3 Å². The molecule has 0 aromatic heterocycles. The average molecular weight is 518 g/mol. The van der Waals surface area contributed by atoms with E-state index < -0.39 is 28.5 Å². The number of sulfonamides is 1. The molecular weight excluding hydrogens is 482 g/mol. The summed E-state index contributed by atoms with van der Waals surface area (Å²) in [5.41, 5.74) is 2.19. The minimum Gasteiger partial charge on any atom is -0.486 e. The Morgan fingerprint density at radius 2 is 1.64 bits per heavy atom. The fourth-order valence-corrected chi connectivity index (χ4v) is 4.57. The lowest BCUT2D eigenvalue weighted by Crippen LogP contribution is -2.51. The molecule has 0 fully saturated rings. The number of rotatable bonds is 10. The molecule has 1 N–H and O–H groups in total. The highest BCUT2D eigenvalue weighted by atomic mass is 32.2. The zero-order chi connectivity index (χ0) is 26.5. The van der Waals surface area contributed by atoms with Crippen LogP contribution in [0.25, 0.3) is 0 Å². The number of ether oxygens (including phenoxy) is 2. The summed E-state index contributed by atoms with van der Waals surface area (Å²) in [5.74, 6) is 0.384. The van der Waals surface area contributed by atoms with E-state index in [2.05, 4.69) is 5.32 Å². The van der Waals surface area contributed by atoms with Crippen molar-refractivity contribution in [2.75, 3.05) is 36.9 Å². The Labute approximate surface area is 213 Å². The molecule has 9 nitrogen and oxygen atoms in total. The van der Waals surface area contributed by atoms with Crippen LogP contribution in [0.5, 0.6) is 11.5 Å². The van der Waals surface area contributed by atoms with Gasteiger partial charge in [-0.2, -0.15) is 0 Å². The SMILES string of the molecule is Cc1ccc(CN(C(=O)CN(c2ccc3c(c2)OCCO3)S(C)(=O)=O)[C@H](C)C(=O)NCC(C)C)cc1. The van der Waals surface area contributed by atoms with Gasteiger partial charge in [0.2, 0.25) is 21.8 Å². The van der Waals surface area contributed by atoms with Crippen LogP contribution in [0.3, 0.4) is 0 Å². The van der Waals surface area contributed by atoms with Crippen molar-refractivity contribution in [3.8, 4) is 11.5 Å². The third kappa shape index (κ3) is 7.13. The van der Waals surface area contributed by atoms with Crippen molar-refractivity contribution in [3.05, 3.63) is 53.6 Å². The standard InChI is InChI=1S/C26H35N3O6S/c1-18(2)15-27-26(31)20(4)28(16-21-8-6-19(3)7-9-21)25(30)17-29(36(5,32)33)22-10-11-23-24(14-22)35-13-12-34-23/h6-11,14,18,20H,12-13,15-17H2,1-5H3,(H,27,31)/t20-/m1/s1. The zero-order valence-electron chi connectivity index (χ0n) is 21.5. The second-order valence-electron chi connectivity index (χ2n) is 9.42. The van der Waals surface area contributed by atoms with E-state index in [4.69, 9.17) is 9.47 Å². The first kappa shape index (κ1) is 27.3. The Morgan fingerprint density at radius 1 is 1.00 bits per heavy atom. The molecular formula is C26H35N3O6S. The lowest BCUT2D eigenvalue weighted by Gasteiger charge is -2.32. The van der Waals surface area contributed by atoms with E-state index >= 15 is 0 Å². The van der Waals surface area contributed by atoms with E-state index in [1.165, 1.54) is 4.90 Å². The smallest absolute Gasteiger partial charge is 0.244 e. The van der Waals surface area contributed by atoms with Crippen LogP contribution in [0.1, 0.15) is 31.9 Å². The fraction of sp³-hybridized carbons (Fsp3) is 0.462. The molecule has 2 aromatic rings. The number of aryl methyl sites for hydroxylation is 1. The van der Waals surface area contributed by atoms with Gasteiger partial charge in [0, 0.05) is 19.2 Å². The van der Waals surface area contributed by atoms with Crippen molar-refractivity contribution >= 4 is 27.5 Å². The first-order chi connectivity index (χ1) is 17.0. The molecule has 0 saturated heterocycles. The lowest BCUT2D eigenvalue weighted by atomic mass is 10.1. The van der Waals surface area contributed by atoms with Gasteiger partial charge in [-0.1, -0.05) is 43.7 Å². The summed E-state index contributed by atoms with van der Waals surface area (Å²) >= 11 is 0. The van der Waals surface area contributed by atoms with Gasteiger partial charge < -0.3 is 19.7 Å². The number of amides is 2. The Bertz CT molecular complexity index is 1180. The van der Waals surface area contributed by atoms with E-state index in [9.17, 15) is 18.0 Å². The first-order valence-corrected chi connectivity index (χ1v) is 13.8. The molecule has 0 spiro atoms. The van der Waals surface area contributed by atoms with Gasteiger partial charge in [-0.25, -0.2) is 8.42 Å². The molecule has 0 unspecified atom stereocenters. The van der Waals surface area contributed by atoms with E-state index in [1.54, 1.807) is 25.1 Å². The summed E-state index contributed by atoms with van der Waals surface area (Å²) in [6, 6.07) is 11.6. The van der Waals surface area contributed by atoms with E-state index in [1.807, 2.05) is 45.0 Å². The minimum absolute atomic E-state index is 0.161. The third-order valence-corrected chi connectivity index (χ3v) is 6.96. The highest BCUT2D eigenvalue weighted by Gasteiger charge is 2.30. The second-order valence-corrected chi connectivity index (χ2v) is 11.3. The summed E-state index contributed by atoms with van der Waals surface area (Å²) in [4.78, 5) is 27.9. The molecule has 3 rings (SSSR count). The molecule has 2 aromatic carbocycles. The van der Waals surface area contributed by atoms with Gasteiger partial charge in [-0.15, -0.1) is 0 Å². The number of hydrogen-bond donors (Lipinski definition) is 1. The van der Waals surface area contributed by atoms with Crippen LogP contribution >= 0.6 is 0 Å². The largest absolute Gasteiger partial charge is 0.486 e. The Morgan fingerprint density at radius 3 is 2.25 bits per heavy atom. The molecule has 0 saturated carbocycles. The Balaban J connectivity index is 1.89. The maximum Gasteiger partial charge on any atom is 0.244 e. The number of benzene rings is 2. The van der Waals surface area contributed by atoms with Crippen molar-refractivity contribution < 1.29 is 27.5 Å². The number of carbonyl (C=O) groups excluding carboxylic acids is 2. The van der Waals surface area contributed by atoms with E-state index in [-0.39, 0.29) is 24.1 Å². The molecule has 36 heavy (non-hydrogen) atoms. The predicted octanol–water partition coefficient (Wildman–Crippen LogP) is 2.72. The first-order valence-electron chi connectivity index (χ1n) is 12.0. The summed E-state index contributed by atoms with van der Waals surface area (Å²) in [6.45, 7) is 8.51. The van der Waals surface area contributed by atoms with Gasteiger partial charge in [0.1, 0.15) is 25.8 Å². The summed E-state index contributed by atoms with van der Waals surface area (Å²) < 4.78 is 37.6.